The summed E-state index contributed by atoms with van der Waals surface area (Å²) in [4.78, 5) is 31.3. The van der Waals surface area contributed by atoms with E-state index < -0.39 is 21.7 Å². The largest absolute Gasteiger partial charge is 0.334 e. The van der Waals surface area contributed by atoms with Crippen LogP contribution in [0.4, 0.5) is 5.69 Å². The average Bonchev–Trinajstić information content (AvgIpc) is 3.73. The van der Waals surface area contributed by atoms with Gasteiger partial charge in [-0.2, -0.15) is 0 Å². The number of benzene rings is 5. The van der Waals surface area contributed by atoms with Crippen LogP contribution in [0.2, 0.25) is 0 Å². The molecule has 0 aliphatic carbocycles. The van der Waals surface area contributed by atoms with E-state index in [1.807, 2.05) is 123 Å². The van der Waals surface area contributed by atoms with Gasteiger partial charge in [-0.05, 0) is 57.5 Å². The van der Waals surface area contributed by atoms with Gasteiger partial charge in [0, 0.05) is 28.4 Å². The Labute approximate surface area is 317 Å². The van der Waals surface area contributed by atoms with Crippen molar-refractivity contribution in [2.75, 3.05) is 0 Å². The summed E-state index contributed by atoms with van der Waals surface area (Å²) in [6.45, 7) is 4.12. The number of fused-ring (bicyclic) bond motifs is 1. The van der Waals surface area contributed by atoms with Crippen LogP contribution >= 0.6 is 0 Å². The van der Waals surface area contributed by atoms with Crippen LogP contribution in [0.1, 0.15) is 47.5 Å². The molecule has 0 bridgehead atoms. The topological polar surface area (TPSA) is 122 Å². The van der Waals surface area contributed by atoms with Gasteiger partial charge in [0.1, 0.15) is 0 Å². The summed E-state index contributed by atoms with van der Waals surface area (Å²) in [7, 11) is 0. The molecule has 0 saturated heterocycles. The predicted molar refractivity (Wildman–Crippen MR) is 214 cm³/mol. The fourth-order valence-electron chi connectivity index (χ4n) is 7.47. The van der Waals surface area contributed by atoms with E-state index >= 15 is 0 Å². The first-order chi connectivity index (χ1) is 26.9. The predicted octanol–water partition coefficient (Wildman–Crippen LogP) is 8.64. The fraction of sp³-hybridized carbons (Fsp3) is 0.133. The molecule has 8 rings (SSSR count). The summed E-state index contributed by atoms with van der Waals surface area (Å²) in [6.07, 6.45) is 1.26. The van der Waals surface area contributed by atoms with E-state index in [1.54, 1.807) is 4.80 Å². The smallest absolute Gasteiger partial charge is 0.298 e. The maximum absolute atomic E-state index is 13.5. The summed E-state index contributed by atoms with van der Waals surface area (Å²) in [5.41, 5.74) is 6.60. The van der Waals surface area contributed by atoms with Crippen molar-refractivity contribution in [2.45, 2.75) is 38.8 Å². The molecule has 0 radical (unpaired) electrons. The van der Waals surface area contributed by atoms with E-state index in [2.05, 4.69) is 41.5 Å². The van der Waals surface area contributed by atoms with Crippen LogP contribution in [0.25, 0.3) is 33.4 Å². The highest BCUT2D eigenvalue weighted by Gasteiger charge is 2.41. The highest BCUT2D eigenvalue weighted by molar-refractivity contribution is 5.84. The Morgan fingerprint density at radius 3 is 1.80 bits per heavy atom. The van der Waals surface area contributed by atoms with Crippen LogP contribution in [0, 0.1) is 10.1 Å². The molecule has 55 heavy (non-hydrogen) atoms. The maximum atomic E-state index is 13.5. The summed E-state index contributed by atoms with van der Waals surface area (Å²) in [6, 6.07) is 49.7. The zero-order valence-corrected chi connectivity index (χ0v) is 30.4. The molecule has 0 aliphatic heterocycles. The lowest BCUT2D eigenvalue weighted by Crippen LogP contribution is -2.39. The van der Waals surface area contributed by atoms with Gasteiger partial charge < -0.3 is 0 Å². The second kappa shape index (κ2) is 14.7. The standard InChI is InChI=1S/C45H37N7O3/c1-3-36-28-41-39(40(4-2)46-36)29-42(51(54)55)44(53)50(41)30-31-24-26-32(27-25-31)37-22-14-15-23-38(37)43-47-49-52(48-43)45(33-16-8-5-9-17-33,34-18-10-6-11-19-34)35-20-12-7-13-21-35/h5-29H,3-4,30H2,1-2H3. The van der Waals surface area contributed by atoms with E-state index in [0.29, 0.717) is 29.6 Å². The van der Waals surface area contributed by atoms with Crippen molar-refractivity contribution in [3.8, 4) is 22.5 Å². The Morgan fingerprint density at radius 1 is 0.691 bits per heavy atom. The molecule has 10 nitrogen and oxygen atoms in total. The minimum atomic E-state index is -0.910. The first kappa shape index (κ1) is 35.0. The van der Waals surface area contributed by atoms with Gasteiger partial charge in [-0.25, -0.2) is 0 Å². The first-order valence-electron chi connectivity index (χ1n) is 18.3. The Hall–Kier alpha value is -7.07. The van der Waals surface area contributed by atoms with Crippen LogP contribution in [0.5, 0.6) is 0 Å². The van der Waals surface area contributed by atoms with E-state index in [0.717, 1.165) is 50.3 Å². The van der Waals surface area contributed by atoms with E-state index in [1.165, 1.54) is 10.6 Å². The van der Waals surface area contributed by atoms with Crippen molar-refractivity contribution in [3.05, 3.63) is 206 Å². The molecule has 10 heteroatoms. The molecular formula is C45H37N7O3. The SMILES string of the molecule is CCc1cc2c(cc([N+](=O)[O-])c(=O)n2Cc2ccc(-c3ccccc3-c3nnn(C(c4ccccc4)(c4ccccc4)c4ccccc4)n3)cc2)c(CC)n1. The minimum Gasteiger partial charge on any atom is -0.298 e. The molecule has 5 aromatic carbocycles. The monoisotopic (exact) mass is 723 g/mol. The first-order valence-corrected chi connectivity index (χ1v) is 18.3. The summed E-state index contributed by atoms with van der Waals surface area (Å²) in [5.74, 6) is 0.466. The Morgan fingerprint density at radius 2 is 1.25 bits per heavy atom. The number of hydrogen-bond donors (Lipinski definition) is 0. The van der Waals surface area contributed by atoms with Crippen molar-refractivity contribution in [1.29, 1.82) is 0 Å². The third-order valence-corrected chi connectivity index (χ3v) is 10.2. The number of hydrogen-bond acceptors (Lipinski definition) is 7. The zero-order chi connectivity index (χ0) is 37.9. The molecular weight excluding hydrogens is 687 g/mol. The van der Waals surface area contributed by atoms with Gasteiger partial charge in [0.25, 0.3) is 0 Å². The van der Waals surface area contributed by atoms with Gasteiger partial charge in [0.2, 0.25) is 5.82 Å². The van der Waals surface area contributed by atoms with Crippen LogP contribution in [-0.4, -0.2) is 34.7 Å². The minimum absolute atomic E-state index is 0.158. The molecule has 270 valence electrons. The molecule has 3 aromatic heterocycles. The van der Waals surface area contributed by atoms with Gasteiger partial charge in [-0.15, -0.1) is 15.0 Å². The number of pyridine rings is 2. The lowest BCUT2D eigenvalue weighted by atomic mass is 9.77. The molecule has 0 aliphatic rings. The second-order valence-electron chi connectivity index (χ2n) is 13.3. The number of aryl methyl sites for hydroxylation is 2. The third-order valence-electron chi connectivity index (χ3n) is 10.2. The molecule has 0 N–H and O–H groups in total. The highest BCUT2D eigenvalue weighted by Crippen LogP contribution is 2.40. The summed E-state index contributed by atoms with van der Waals surface area (Å²) >= 11 is 0. The molecule has 0 unspecified atom stereocenters. The van der Waals surface area contributed by atoms with Gasteiger partial charge in [-0.3, -0.25) is 24.5 Å². The third kappa shape index (κ3) is 6.27. The van der Waals surface area contributed by atoms with Crippen molar-refractivity contribution >= 4 is 16.6 Å². The van der Waals surface area contributed by atoms with Crippen LogP contribution in [-0.2, 0) is 24.9 Å². The van der Waals surface area contributed by atoms with E-state index in [4.69, 9.17) is 15.3 Å². The van der Waals surface area contributed by atoms with Gasteiger partial charge >= 0.3 is 11.2 Å². The quantitative estimate of drug-likeness (QED) is 0.0744. The van der Waals surface area contributed by atoms with Gasteiger partial charge in [0.05, 0.1) is 17.0 Å². The lowest BCUT2D eigenvalue weighted by Gasteiger charge is -2.34. The van der Waals surface area contributed by atoms with E-state index in [-0.39, 0.29) is 6.54 Å². The number of nitro groups is 1. The van der Waals surface area contributed by atoms with Crippen LogP contribution in [0.15, 0.2) is 156 Å². The molecule has 0 atom stereocenters. The average molecular weight is 724 g/mol. The molecule has 0 amide bonds. The summed E-state index contributed by atoms with van der Waals surface area (Å²) in [5, 5.41) is 27.1. The number of aromatic nitrogens is 6. The highest BCUT2D eigenvalue weighted by atomic mass is 16.6. The Kier molecular flexibility index (Phi) is 9.38. The molecule has 8 aromatic rings. The Bertz CT molecular complexity index is 2600. The molecule has 0 fully saturated rings. The molecule has 0 saturated carbocycles. The summed E-state index contributed by atoms with van der Waals surface area (Å²) < 4.78 is 1.50. The normalized spacial score (nSPS) is 11.5. The number of nitrogens with zero attached hydrogens (tertiary/aromatic N) is 7. The fourth-order valence-corrected chi connectivity index (χ4v) is 7.47. The lowest BCUT2D eigenvalue weighted by molar-refractivity contribution is -0.386. The zero-order valence-electron chi connectivity index (χ0n) is 30.4. The second-order valence-corrected chi connectivity index (χ2v) is 13.3. The van der Waals surface area contributed by atoms with Gasteiger partial charge in [-0.1, -0.05) is 153 Å². The number of tetrazole rings is 1. The maximum Gasteiger partial charge on any atom is 0.334 e. The van der Waals surface area contributed by atoms with Crippen molar-refractivity contribution in [2.24, 2.45) is 0 Å². The molecule has 0 spiro atoms. The van der Waals surface area contributed by atoms with Gasteiger partial charge in [0.15, 0.2) is 5.54 Å². The molecule has 3 heterocycles. The van der Waals surface area contributed by atoms with Crippen LogP contribution in [0.3, 0.4) is 0 Å². The van der Waals surface area contributed by atoms with Crippen molar-refractivity contribution in [3.63, 3.8) is 0 Å². The number of rotatable bonds is 11. The Balaban J connectivity index is 1.20. The van der Waals surface area contributed by atoms with Crippen LogP contribution < -0.4 is 5.56 Å². The van der Waals surface area contributed by atoms with Crippen molar-refractivity contribution in [1.82, 2.24) is 29.8 Å². The van der Waals surface area contributed by atoms with E-state index in [9.17, 15) is 14.9 Å². The van der Waals surface area contributed by atoms with Crippen molar-refractivity contribution < 1.29 is 4.92 Å².